The third-order valence-electron chi connectivity index (χ3n) is 4.09. The minimum absolute atomic E-state index is 0.0608. The van der Waals surface area contributed by atoms with Gasteiger partial charge in [0.25, 0.3) is 5.91 Å². The van der Waals surface area contributed by atoms with Crippen molar-refractivity contribution in [3.63, 3.8) is 0 Å². The molecule has 0 saturated carbocycles. The Morgan fingerprint density at radius 3 is 2.83 bits per heavy atom. The predicted molar refractivity (Wildman–Crippen MR) is 85.5 cm³/mol. The Hall–Kier alpha value is -2.57. The van der Waals surface area contributed by atoms with Crippen molar-refractivity contribution in [3.8, 4) is 0 Å². The number of piperidine rings is 1. The minimum Gasteiger partial charge on any atom is -0.382 e. The first kappa shape index (κ1) is 15.3. The van der Waals surface area contributed by atoms with E-state index in [2.05, 4.69) is 19.9 Å². The molecular formula is C16H20N6O. The van der Waals surface area contributed by atoms with Gasteiger partial charge in [0, 0.05) is 31.7 Å². The van der Waals surface area contributed by atoms with Crippen molar-refractivity contribution < 1.29 is 4.79 Å². The van der Waals surface area contributed by atoms with E-state index in [0.717, 1.165) is 37.2 Å². The molecule has 2 aromatic heterocycles. The van der Waals surface area contributed by atoms with Crippen LogP contribution < -0.4 is 5.73 Å². The van der Waals surface area contributed by atoms with Gasteiger partial charge in [-0.25, -0.2) is 9.97 Å². The highest BCUT2D eigenvalue weighted by molar-refractivity contribution is 5.92. The van der Waals surface area contributed by atoms with E-state index in [1.165, 1.54) is 0 Å². The number of nitrogen functional groups attached to an aromatic ring is 1. The van der Waals surface area contributed by atoms with Gasteiger partial charge in [0.2, 0.25) is 0 Å². The van der Waals surface area contributed by atoms with Gasteiger partial charge in [-0.1, -0.05) is 0 Å². The Balaban J connectivity index is 1.67. The van der Waals surface area contributed by atoms with E-state index in [0.29, 0.717) is 24.0 Å². The molecule has 0 spiro atoms. The summed E-state index contributed by atoms with van der Waals surface area (Å²) in [5, 5.41) is 0. The summed E-state index contributed by atoms with van der Waals surface area (Å²) in [7, 11) is 0. The zero-order chi connectivity index (χ0) is 16.2. The van der Waals surface area contributed by atoms with E-state index in [9.17, 15) is 4.79 Å². The summed E-state index contributed by atoms with van der Waals surface area (Å²) >= 11 is 0. The lowest BCUT2D eigenvalue weighted by Gasteiger charge is -2.32. The summed E-state index contributed by atoms with van der Waals surface area (Å²) < 4.78 is 0. The third-order valence-corrected chi connectivity index (χ3v) is 4.09. The second kappa shape index (κ2) is 6.68. The molecule has 23 heavy (non-hydrogen) atoms. The van der Waals surface area contributed by atoms with Crippen molar-refractivity contribution in [1.82, 2.24) is 24.8 Å². The molecule has 2 aromatic rings. The summed E-state index contributed by atoms with van der Waals surface area (Å²) in [6, 6.07) is 0. The van der Waals surface area contributed by atoms with Crippen LogP contribution in [0.15, 0.2) is 24.8 Å². The van der Waals surface area contributed by atoms with Crippen molar-refractivity contribution >= 4 is 11.7 Å². The van der Waals surface area contributed by atoms with Gasteiger partial charge in [0.1, 0.15) is 11.5 Å². The van der Waals surface area contributed by atoms with Crippen LogP contribution in [0.1, 0.15) is 34.7 Å². The number of amides is 1. The molecule has 7 heteroatoms. The van der Waals surface area contributed by atoms with E-state index in [4.69, 9.17) is 5.73 Å². The lowest BCUT2D eigenvalue weighted by Crippen LogP contribution is -2.41. The minimum atomic E-state index is -0.0608. The summed E-state index contributed by atoms with van der Waals surface area (Å²) in [5.41, 5.74) is 7.87. The van der Waals surface area contributed by atoms with Gasteiger partial charge in [-0.2, -0.15) is 0 Å². The number of hydrogen-bond donors (Lipinski definition) is 1. The van der Waals surface area contributed by atoms with Crippen LogP contribution in [0.2, 0.25) is 0 Å². The van der Waals surface area contributed by atoms with Crippen molar-refractivity contribution in [2.24, 2.45) is 5.92 Å². The van der Waals surface area contributed by atoms with Crippen LogP contribution >= 0.6 is 0 Å². The van der Waals surface area contributed by atoms with Crippen LogP contribution in [-0.4, -0.2) is 43.8 Å². The molecule has 120 valence electrons. The van der Waals surface area contributed by atoms with E-state index in [-0.39, 0.29) is 5.91 Å². The molecule has 1 aliphatic heterocycles. The van der Waals surface area contributed by atoms with Crippen LogP contribution in [0.4, 0.5) is 5.82 Å². The third kappa shape index (κ3) is 3.61. The molecule has 7 nitrogen and oxygen atoms in total. The number of nitrogens with two attached hydrogens (primary N) is 1. The lowest BCUT2D eigenvalue weighted by atomic mass is 9.93. The molecule has 1 saturated heterocycles. The molecule has 3 heterocycles. The van der Waals surface area contributed by atoms with E-state index in [1.807, 2.05) is 11.8 Å². The first-order chi connectivity index (χ1) is 11.1. The van der Waals surface area contributed by atoms with E-state index >= 15 is 0 Å². The second-order valence-corrected chi connectivity index (χ2v) is 5.89. The van der Waals surface area contributed by atoms with Gasteiger partial charge in [0.15, 0.2) is 0 Å². The topological polar surface area (TPSA) is 97.9 Å². The average molecular weight is 312 g/mol. The number of nitrogens with zero attached hydrogens (tertiary/aromatic N) is 5. The Morgan fingerprint density at radius 2 is 2.09 bits per heavy atom. The SMILES string of the molecule is Cc1cnc(C(=O)N2CCC[C@H](Cc3nccnc3N)C2)cn1. The van der Waals surface area contributed by atoms with Crippen LogP contribution in [-0.2, 0) is 6.42 Å². The fourth-order valence-corrected chi connectivity index (χ4v) is 2.89. The molecule has 1 amide bonds. The zero-order valence-electron chi connectivity index (χ0n) is 13.1. The first-order valence-corrected chi connectivity index (χ1v) is 7.77. The van der Waals surface area contributed by atoms with Gasteiger partial charge >= 0.3 is 0 Å². The lowest BCUT2D eigenvalue weighted by molar-refractivity contribution is 0.0666. The second-order valence-electron chi connectivity index (χ2n) is 5.89. The number of aromatic nitrogens is 4. The molecule has 3 rings (SSSR count). The maximum absolute atomic E-state index is 12.5. The fourth-order valence-electron chi connectivity index (χ4n) is 2.89. The molecular weight excluding hydrogens is 292 g/mol. The van der Waals surface area contributed by atoms with Crippen molar-refractivity contribution in [1.29, 1.82) is 0 Å². The molecule has 1 fully saturated rings. The Kier molecular flexibility index (Phi) is 4.45. The number of carbonyl (C=O) groups excluding carboxylic acids is 1. The molecule has 2 N–H and O–H groups in total. The van der Waals surface area contributed by atoms with Gasteiger partial charge in [-0.15, -0.1) is 0 Å². The fraction of sp³-hybridized carbons (Fsp3) is 0.438. The summed E-state index contributed by atoms with van der Waals surface area (Å²) in [6.45, 7) is 3.29. The Labute approximate surface area is 135 Å². The quantitative estimate of drug-likeness (QED) is 0.916. The number of rotatable bonds is 3. The van der Waals surface area contributed by atoms with Crippen LogP contribution in [0, 0.1) is 12.8 Å². The van der Waals surface area contributed by atoms with Gasteiger partial charge < -0.3 is 10.6 Å². The Bertz CT molecular complexity index is 687. The average Bonchev–Trinajstić information content (AvgIpc) is 2.57. The standard InChI is InChI=1S/C16H20N6O/c1-11-8-21-14(9-20-11)16(23)22-6-2-3-12(10-22)7-13-15(17)19-5-4-18-13/h4-5,8-9,12H,2-3,6-7,10H2,1H3,(H2,17,19)/t12-/m1/s1. The van der Waals surface area contributed by atoms with Crippen molar-refractivity contribution in [3.05, 3.63) is 41.9 Å². The van der Waals surface area contributed by atoms with Gasteiger partial charge in [-0.05, 0) is 32.1 Å². The zero-order valence-corrected chi connectivity index (χ0v) is 13.1. The maximum Gasteiger partial charge on any atom is 0.274 e. The molecule has 1 aliphatic rings. The monoisotopic (exact) mass is 312 g/mol. The van der Waals surface area contributed by atoms with Crippen molar-refractivity contribution in [2.45, 2.75) is 26.2 Å². The number of anilines is 1. The highest BCUT2D eigenvalue weighted by Crippen LogP contribution is 2.22. The summed E-state index contributed by atoms with van der Waals surface area (Å²) in [4.78, 5) is 31.1. The largest absolute Gasteiger partial charge is 0.382 e. The summed E-state index contributed by atoms with van der Waals surface area (Å²) in [5.74, 6) is 0.750. The van der Waals surface area contributed by atoms with E-state index in [1.54, 1.807) is 24.8 Å². The number of aryl methyl sites for hydroxylation is 1. The number of hydrogen-bond acceptors (Lipinski definition) is 6. The van der Waals surface area contributed by atoms with Crippen LogP contribution in [0.5, 0.6) is 0 Å². The van der Waals surface area contributed by atoms with Gasteiger partial charge in [0.05, 0.1) is 17.6 Å². The van der Waals surface area contributed by atoms with Gasteiger partial charge in [-0.3, -0.25) is 14.8 Å². The molecule has 0 aromatic carbocycles. The smallest absolute Gasteiger partial charge is 0.274 e. The first-order valence-electron chi connectivity index (χ1n) is 7.77. The molecule has 0 radical (unpaired) electrons. The number of likely N-dealkylation sites (tertiary alicyclic amines) is 1. The predicted octanol–water partition coefficient (Wildman–Crippen LogP) is 1.25. The maximum atomic E-state index is 12.5. The normalized spacial score (nSPS) is 18.0. The molecule has 0 bridgehead atoms. The molecule has 1 atom stereocenters. The molecule has 0 aliphatic carbocycles. The van der Waals surface area contributed by atoms with Crippen LogP contribution in [0.3, 0.4) is 0 Å². The Morgan fingerprint density at radius 1 is 1.26 bits per heavy atom. The number of carbonyl (C=O) groups is 1. The summed E-state index contributed by atoms with van der Waals surface area (Å²) in [6.07, 6.45) is 9.17. The van der Waals surface area contributed by atoms with Crippen molar-refractivity contribution in [2.75, 3.05) is 18.8 Å². The highest BCUT2D eigenvalue weighted by atomic mass is 16.2. The van der Waals surface area contributed by atoms with E-state index < -0.39 is 0 Å². The van der Waals surface area contributed by atoms with Crippen LogP contribution in [0.25, 0.3) is 0 Å². The molecule has 0 unspecified atom stereocenters. The highest BCUT2D eigenvalue weighted by Gasteiger charge is 2.26.